The number of rotatable bonds is 6. The number of fused-ring (bicyclic) bond motifs is 6. The maximum atomic E-state index is 6.08. The van der Waals surface area contributed by atoms with Gasteiger partial charge in [0.2, 0.25) is 0 Å². The van der Waals surface area contributed by atoms with Crippen molar-refractivity contribution < 1.29 is 0 Å². The molecule has 6 nitrogen and oxygen atoms in total. The SMILES string of the molecule is Nc1ccccc1NCc1cc2c(s1)CN1CN2Cc2sc(CNc3ccccc3N)cc21. The number of thiophene rings is 2. The van der Waals surface area contributed by atoms with E-state index in [9.17, 15) is 0 Å². The number of benzene rings is 2. The summed E-state index contributed by atoms with van der Waals surface area (Å²) >= 11 is 3.80. The average Bonchev–Trinajstić information content (AvgIpc) is 3.42. The van der Waals surface area contributed by atoms with Crippen LogP contribution in [-0.4, -0.2) is 6.67 Å². The number of para-hydroxylation sites is 4. The zero-order valence-electron chi connectivity index (χ0n) is 18.2. The number of nitrogens with two attached hydrogens (primary N) is 2. The summed E-state index contributed by atoms with van der Waals surface area (Å²) in [7, 11) is 0. The highest BCUT2D eigenvalue weighted by atomic mass is 32.1. The fourth-order valence-electron chi connectivity index (χ4n) is 4.54. The molecule has 33 heavy (non-hydrogen) atoms. The summed E-state index contributed by atoms with van der Waals surface area (Å²) < 4.78 is 0. The summed E-state index contributed by atoms with van der Waals surface area (Å²) in [6, 6.07) is 20.6. The van der Waals surface area contributed by atoms with E-state index in [-0.39, 0.29) is 0 Å². The van der Waals surface area contributed by atoms with E-state index in [1.54, 1.807) is 0 Å². The Morgan fingerprint density at radius 1 is 0.697 bits per heavy atom. The highest BCUT2D eigenvalue weighted by Crippen LogP contribution is 2.44. The van der Waals surface area contributed by atoms with Gasteiger partial charge in [0, 0.05) is 32.6 Å². The van der Waals surface area contributed by atoms with Crippen LogP contribution in [0.15, 0.2) is 60.7 Å². The summed E-state index contributed by atoms with van der Waals surface area (Å²) in [5, 5.41) is 6.98. The van der Waals surface area contributed by atoms with E-state index in [4.69, 9.17) is 11.5 Å². The van der Waals surface area contributed by atoms with Gasteiger partial charge in [-0.2, -0.15) is 0 Å². The third-order valence-corrected chi connectivity index (χ3v) is 8.41. The minimum atomic E-state index is 0.786. The third-order valence-electron chi connectivity index (χ3n) is 6.19. The standard InChI is InChI=1S/C25H26N6S2/c26-18-5-1-3-7-20(18)28-11-16-9-22-24(32-16)13-31-15-30(22)14-25-23(31)10-17(33-25)12-29-21-8-4-2-6-19(21)27/h1-10,28-29H,11-15,26-27H2. The van der Waals surface area contributed by atoms with E-state index in [2.05, 4.69) is 32.6 Å². The highest BCUT2D eigenvalue weighted by Gasteiger charge is 2.32. The minimum absolute atomic E-state index is 0.786. The van der Waals surface area contributed by atoms with Crippen molar-refractivity contribution in [1.82, 2.24) is 0 Å². The molecule has 0 saturated heterocycles. The maximum absolute atomic E-state index is 6.08. The van der Waals surface area contributed by atoms with Crippen LogP contribution in [0.25, 0.3) is 0 Å². The van der Waals surface area contributed by atoms with E-state index >= 15 is 0 Å². The Morgan fingerprint density at radius 2 is 1.15 bits per heavy atom. The minimum Gasteiger partial charge on any atom is -0.397 e. The van der Waals surface area contributed by atoms with Gasteiger partial charge >= 0.3 is 0 Å². The lowest BCUT2D eigenvalue weighted by Gasteiger charge is -2.42. The van der Waals surface area contributed by atoms with E-state index in [1.165, 1.54) is 30.9 Å². The Hall–Kier alpha value is -3.36. The first-order valence-electron chi connectivity index (χ1n) is 11.0. The molecule has 2 aromatic heterocycles. The average molecular weight is 475 g/mol. The first-order valence-corrected chi connectivity index (χ1v) is 12.7. The number of hydrogen-bond donors (Lipinski definition) is 4. The number of nitrogens with one attached hydrogen (secondary N) is 2. The summed E-state index contributed by atoms with van der Waals surface area (Å²) in [5.41, 5.74) is 18.5. The Labute approximate surface area is 201 Å². The predicted octanol–water partition coefficient (Wildman–Crippen LogP) is 5.50. The topological polar surface area (TPSA) is 82.6 Å². The summed E-state index contributed by atoms with van der Waals surface area (Å²) in [6.45, 7) is 4.46. The zero-order chi connectivity index (χ0) is 22.4. The van der Waals surface area contributed by atoms with Crippen molar-refractivity contribution >= 4 is 56.8 Å². The Bertz CT molecular complexity index is 1210. The number of nitrogens with zero attached hydrogens (tertiary/aromatic N) is 2. The summed E-state index contributed by atoms with van der Waals surface area (Å²) in [6.07, 6.45) is 0. The van der Waals surface area contributed by atoms with Crippen LogP contribution in [0.4, 0.5) is 34.1 Å². The fraction of sp³-hybridized carbons (Fsp3) is 0.200. The van der Waals surface area contributed by atoms with E-state index in [0.29, 0.717) is 0 Å². The van der Waals surface area contributed by atoms with Gasteiger partial charge in [0.05, 0.1) is 53.9 Å². The largest absolute Gasteiger partial charge is 0.397 e. The predicted molar refractivity (Wildman–Crippen MR) is 142 cm³/mol. The van der Waals surface area contributed by atoms with Gasteiger partial charge in [0.1, 0.15) is 0 Å². The van der Waals surface area contributed by atoms with Gasteiger partial charge < -0.3 is 31.9 Å². The van der Waals surface area contributed by atoms with Crippen molar-refractivity contribution in [2.75, 3.05) is 38.6 Å². The van der Waals surface area contributed by atoms with E-state index in [0.717, 1.165) is 55.6 Å². The van der Waals surface area contributed by atoms with Crippen molar-refractivity contribution in [2.24, 2.45) is 0 Å². The first kappa shape index (κ1) is 20.3. The van der Waals surface area contributed by atoms with Gasteiger partial charge in [-0.25, -0.2) is 0 Å². The summed E-state index contributed by atoms with van der Waals surface area (Å²) in [5.74, 6) is 0. The van der Waals surface area contributed by atoms with E-state index < -0.39 is 0 Å². The molecule has 0 saturated carbocycles. The quantitative estimate of drug-likeness (QED) is 0.276. The molecule has 2 aromatic carbocycles. The normalized spacial score (nSPS) is 14.1. The second-order valence-electron chi connectivity index (χ2n) is 8.46. The van der Waals surface area contributed by atoms with Crippen LogP contribution in [0, 0.1) is 0 Å². The molecule has 0 aliphatic carbocycles. The molecule has 2 bridgehead atoms. The molecule has 4 heterocycles. The van der Waals surface area contributed by atoms with Gasteiger partial charge in [0.25, 0.3) is 0 Å². The van der Waals surface area contributed by atoms with Crippen LogP contribution >= 0.6 is 22.7 Å². The van der Waals surface area contributed by atoms with Crippen LogP contribution in [0.1, 0.15) is 19.5 Å². The number of anilines is 6. The molecule has 4 aromatic rings. The molecule has 0 radical (unpaired) electrons. The van der Waals surface area contributed by atoms with Gasteiger partial charge in [-0.15, -0.1) is 22.7 Å². The van der Waals surface area contributed by atoms with Gasteiger partial charge in [-0.3, -0.25) is 0 Å². The maximum Gasteiger partial charge on any atom is 0.0911 e. The molecule has 6 rings (SSSR count). The van der Waals surface area contributed by atoms with Crippen molar-refractivity contribution in [3.63, 3.8) is 0 Å². The Morgan fingerprint density at radius 3 is 1.61 bits per heavy atom. The molecule has 2 aliphatic heterocycles. The lowest BCUT2D eigenvalue weighted by atomic mass is 10.1. The molecule has 6 N–H and O–H groups in total. The molecule has 8 heteroatoms. The molecular weight excluding hydrogens is 448 g/mol. The van der Waals surface area contributed by atoms with Crippen LogP contribution in [0.3, 0.4) is 0 Å². The van der Waals surface area contributed by atoms with Gasteiger partial charge in [-0.1, -0.05) is 24.3 Å². The lowest BCUT2D eigenvalue weighted by molar-refractivity contribution is 0.665. The Balaban J connectivity index is 1.16. The molecule has 168 valence electrons. The zero-order valence-corrected chi connectivity index (χ0v) is 19.8. The van der Waals surface area contributed by atoms with Crippen molar-refractivity contribution in [3.05, 3.63) is 80.2 Å². The summed E-state index contributed by atoms with van der Waals surface area (Å²) in [4.78, 5) is 10.6. The van der Waals surface area contributed by atoms with Crippen molar-refractivity contribution in [3.8, 4) is 0 Å². The van der Waals surface area contributed by atoms with Crippen LogP contribution in [0.5, 0.6) is 0 Å². The van der Waals surface area contributed by atoms with Crippen molar-refractivity contribution in [1.29, 1.82) is 0 Å². The molecule has 2 aliphatic rings. The van der Waals surface area contributed by atoms with E-state index in [1.807, 2.05) is 71.2 Å². The molecule has 0 unspecified atom stereocenters. The number of hydrogen-bond acceptors (Lipinski definition) is 8. The van der Waals surface area contributed by atoms with Gasteiger partial charge in [-0.05, 0) is 36.4 Å². The van der Waals surface area contributed by atoms with Gasteiger partial charge in [0.15, 0.2) is 0 Å². The second kappa shape index (κ2) is 8.20. The van der Waals surface area contributed by atoms with Crippen LogP contribution < -0.4 is 31.9 Å². The molecule has 0 atom stereocenters. The third kappa shape index (κ3) is 3.85. The molecule has 0 amide bonds. The smallest absolute Gasteiger partial charge is 0.0911 e. The highest BCUT2D eigenvalue weighted by molar-refractivity contribution is 7.13. The molecule has 0 spiro atoms. The molecular formula is C25H26N6S2. The number of nitrogen functional groups attached to an aromatic ring is 2. The molecule has 0 fully saturated rings. The second-order valence-corrected chi connectivity index (χ2v) is 10.9. The van der Waals surface area contributed by atoms with Crippen molar-refractivity contribution in [2.45, 2.75) is 26.2 Å². The lowest BCUT2D eigenvalue weighted by Crippen LogP contribution is -2.44. The van der Waals surface area contributed by atoms with Crippen LogP contribution in [0.2, 0.25) is 0 Å². The van der Waals surface area contributed by atoms with Crippen LogP contribution in [-0.2, 0) is 26.2 Å². The monoisotopic (exact) mass is 474 g/mol. The fourth-order valence-corrected chi connectivity index (χ4v) is 6.83. The first-order chi connectivity index (χ1) is 16.1. The Kier molecular flexibility index (Phi) is 5.04.